The second-order valence-corrected chi connectivity index (χ2v) is 13.8. The monoisotopic (exact) mass is 767 g/mol. The molecule has 0 amide bonds. The van der Waals surface area contributed by atoms with Crippen molar-refractivity contribution < 1.29 is 24.1 Å². The molecule has 0 saturated carbocycles. The van der Waals surface area contributed by atoms with Crippen molar-refractivity contribution >= 4 is 82.0 Å². The number of rotatable bonds is 3. The predicted octanol–water partition coefficient (Wildman–Crippen LogP) is -0.106. The van der Waals surface area contributed by atoms with Crippen molar-refractivity contribution in [3.8, 4) is 0 Å². The van der Waals surface area contributed by atoms with Crippen LogP contribution in [-0.4, -0.2) is 77.6 Å². The molecular formula is C24H23O6Se3Sn. The summed E-state index contributed by atoms with van der Waals surface area (Å²) in [6.45, 7) is 0. The van der Waals surface area contributed by atoms with Gasteiger partial charge in [0.05, 0.1) is 0 Å². The molecule has 0 bridgehead atoms. The van der Waals surface area contributed by atoms with E-state index in [9.17, 15) is 11.5 Å². The van der Waals surface area contributed by atoms with Crippen LogP contribution >= 0.6 is 0 Å². The van der Waals surface area contributed by atoms with E-state index < -0.39 is 42.5 Å². The van der Waals surface area contributed by atoms with Crippen molar-refractivity contribution in [2.24, 2.45) is 0 Å². The summed E-state index contributed by atoms with van der Waals surface area (Å²) < 4.78 is 60.0. The molecule has 177 valence electrons. The van der Waals surface area contributed by atoms with Gasteiger partial charge in [0.15, 0.2) is 0 Å². The van der Waals surface area contributed by atoms with E-state index in [1.54, 1.807) is 72.8 Å². The Morgan fingerprint density at radius 1 is 0.412 bits per heavy atom. The van der Waals surface area contributed by atoms with Crippen LogP contribution in [0.15, 0.2) is 121 Å². The van der Waals surface area contributed by atoms with Crippen molar-refractivity contribution in [2.45, 2.75) is 0 Å². The molecule has 0 spiro atoms. The first-order valence-corrected chi connectivity index (χ1v) is 17.9. The van der Waals surface area contributed by atoms with Crippen LogP contribution < -0.4 is 17.0 Å². The molecule has 3 N–H and O–H groups in total. The van der Waals surface area contributed by atoms with Crippen molar-refractivity contribution in [3.63, 3.8) is 0 Å². The fraction of sp³-hybridized carbons (Fsp3) is 0. The Morgan fingerprint density at radius 3 is 0.735 bits per heavy atom. The first-order valence-electron chi connectivity index (χ1n) is 9.55. The van der Waals surface area contributed by atoms with Gasteiger partial charge in [0.2, 0.25) is 0 Å². The molecule has 34 heavy (non-hydrogen) atoms. The molecule has 0 heterocycles. The SMILES string of the molecule is O=[Se](O)c1ccccc1.O=[Se](O)c1ccccc1.O=[Se](O)c1ccccc1.[Sn][c]1ccccc1. The summed E-state index contributed by atoms with van der Waals surface area (Å²) in [6.07, 6.45) is 0. The molecule has 0 saturated heterocycles. The Kier molecular flexibility index (Phi) is 16.9. The van der Waals surface area contributed by atoms with Gasteiger partial charge >= 0.3 is 227 Å². The van der Waals surface area contributed by atoms with Gasteiger partial charge in [-0.15, -0.1) is 0 Å². The molecule has 6 nitrogen and oxygen atoms in total. The fourth-order valence-electron chi connectivity index (χ4n) is 2.05. The Morgan fingerprint density at radius 2 is 0.618 bits per heavy atom. The summed E-state index contributed by atoms with van der Waals surface area (Å²) >= 11 is -6.49. The molecule has 0 aliphatic carbocycles. The van der Waals surface area contributed by atoms with Crippen LogP contribution in [0.1, 0.15) is 0 Å². The van der Waals surface area contributed by atoms with Gasteiger partial charge in [0.25, 0.3) is 0 Å². The van der Waals surface area contributed by atoms with E-state index in [4.69, 9.17) is 12.6 Å². The van der Waals surface area contributed by atoms with Crippen LogP contribution in [0.3, 0.4) is 0 Å². The fourth-order valence-corrected chi connectivity index (χ4v) is 5.05. The van der Waals surface area contributed by atoms with E-state index in [0.717, 1.165) is 0 Å². The number of hydrogen-bond donors (Lipinski definition) is 3. The summed E-state index contributed by atoms with van der Waals surface area (Å²) in [5.41, 5.74) is 0. The van der Waals surface area contributed by atoms with Crippen LogP contribution in [-0.2, 0) is 11.5 Å². The summed E-state index contributed by atoms with van der Waals surface area (Å²) in [4.78, 5) is 0. The normalized spacial score (nSPS) is 12.1. The first-order chi connectivity index (χ1) is 16.3. The molecule has 3 unspecified atom stereocenters. The van der Waals surface area contributed by atoms with Gasteiger partial charge in [-0.25, -0.2) is 0 Å². The van der Waals surface area contributed by atoms with Crippen LogP contribution in [0.25, 0.3) is 0 Å². The third-order valence-electron chi connectivity index (χ3n) is 3.61. The van der Waals surface area contributed by atoms with Gasteiger partial charge in [0.1, 0.15) is 0 Å². The number of benzene rings is 4. The molecule has 0 aliphatic rings. The van der Waals surface area contributed by atoms with E-state index in [2.05, 4.69) is 24.3 Å². The van der Waals surface area contributed by atoms with Crippen LogP contribution in [0.4, 0.5) is 0 Å². The molecule has 4 aromatic carbocycles. The average molecular weight is 763 g/mol. The Hall–Kier alpha value is -1.48. The van der Waals surface area contributed by atoms with E-state index >= 15 is 0 Å². The summed E-state index contributed by atoms with van der Waals surface area (Å²) in [7, 11) is 0. The molecule has 3 radical (unpaired) electrons. The standard InChI is InChI=1S/3C6H6O2Se.C6H5.Sn/c3*7-9(8)6-4-2-1-3-5-6;1-2-4-6-5-3-1;/h3*1-5H,(H,7,8);1-5H;. The predicted molar refractivity (Wildman–Crippen MR) is 136 cm³/mol. The van der Waals surface area contributed by atoms with Crippen molar-refractivity contribution in [1.82, 2.24) is 0 Å². The van der Waals surface area contributed by atoms with Gasteiger partial charge in [-0.3, -0.25) is 0 Å². The molecular weight excluding hydrogens is 740 g/mol. The Labute approximate surface area is 225 Å². The third-order valence-corrected chi connectivity index (χ3v) is 8.81. The van der Waals surface area contributed by atoms with E-state index in [-0.39, 0.29) is 0 Å². The molecule has 0 aromatic heterocycles. The zero-order valence-electron chi connectivity index (χ0n) is 17.8. The van der Waals surface area contributed by atoms with E-state index in [1.807, 2.05) is 24.3 Å². The minimum absolute atomic E-state index is 0.539. The Balaban J connectivity index is 0.000000228. The minimum atomic E-state index is -2.66. The van der Waals surface area contributed by atoms with Crippen LogP contribution in [0, 0.1) is 0 Å². The zero-order valence-corrected chi connectivity index (χ0v) is 25.8. The van der Waals surface area contributed by atoms with Crippen molar-refractivity contribution in [3.05, 3.63) is 121 Å². The topological polar surface area (TPSA) is 112 Å². The maximum atomic E-state index is 10.4. The summed E-state index contributed by atoms with van der Waals surface area (Å²) in [5.74, 6) is 0. The number of hydrogen-bond acceptors (Lipinski definition) is 3. The average Bonchev–Trinajstić information content (AvgIpc) is 2.87. The van der Waals surface area contributed by atoms with Crippen molar-refractivity contribution in [1.29, 1.82) is 0 Å². The first kappa shape index (κ1) is 30.5. The molecule has 4 aromatic rings. The molecule has 4 rings (SSSR count). The summed E-state index contributed by atoms with van der Waals surface area (Å²) in [6, 6.07) is 36.3. The second kappa shape index (κ2) is 18.8. The van der Waals surface area contributed by atoms with Crippen LogP contribution in [0.5, 0.6) is 0 Å². The van der Waals surface area contributed by atoms with Gasteiger partial charge in [-0.2, -0.15) is 0 Å². The van der Waals surface area contributed by atoms with E-state index in [1.165, 1.54) is 26.1 Å². The third kappa shape index (κ3) is 14.7. The summed E-state index contributed by atoms with van der Waals surface area (Å²) in [5, 5.41) is 0. The Bertz CT molecular complexity index is 1010. The molecule has 0 fully saturated rings. The molecule has 0 aliphatic heterocycles. The van der Waals surface area contributed by atoms with Gasteiger partial charge in [0, 0.05) is 0 Å². The zero-order chi connectivity index (χ0) is 25.2. The van der Waals surface area contributed by atoms with Gasteiger partial charge in [-0.1, -0.05) is 0 Å². The van der Waals surface area contributed by atoms with Crippen molar-refractivity contribution in [2.75, 3.05) is 0 Å². The van der Waals surface area contributed by atoms with Crippen LogP contribution in [0.2, 0.25) is 0 Å². The molecule has 10 heteroatoms. The quantitative estimate of drug-likeness (QED) is 0.252. The molecule has 3 atom stereocenters. The van der Waals surface area contributed by atoms with Gasteiger partial charge in [-0.05, 0) is 0 Å². The second-order valence-electron chi connectivity index (χ2n) is 6.05. The van der Waals surface area contributed by atoms with Gasteiger partial charge < -0.3 is 0 Å². The van der Waals surface area contributed by atoms with E-state index in [0.29, 0.717) is 13.4 Å². The maximum absolute atomic E-state index is 10.4.